The molecule has 0 aliphatic heterocycles. The van der Waals surface area contributed by atoms with Crippen LogP contribution >= 0.6 is 11.8 Å². The first-order chi connectivity index (χ1) is 6.74. The Bertz CT molecular complexity index is 333. The van der Waals surface area contributed by atoms with Gasteiger partial charge in [0.25, 0.3) is 0 Å². The third-order valence-corrected chi connectivity index (χ3v) is 2.40. The van der Waals surface area contributed by atoms with Crippen LogP contribution in [-0.4, -0.2) is 22.6 Å². The molecule has 1 unspecified atom stereocenters. The fourth-order valence-corrected chi connectivity index (χ4v) is 1.33. The molecule has 0 radical (unpaired) electrons. The summed E-state index contributed by atoms with van der Waals surface area (Å²) in [5.74, 6) is 0. The lowest BCUT2D eigenvalue weighted by Crippen LogP contribution is -2.09. The lowest BCUT2D eigenvalue weighted by molar-refractivity contribution is -0.110. The molecule has 0 spiro atoms. The third kappa shape index (κ3) is 3.38. The number of aliphatic hydroxyl groups excluding tert-OH is 1. The molecule has 2 nitrogen and oxygen atoms in total. The zero-order valence-electron chi connectivity index (χ0n) is 7.93. The average molecular weight is 208 g/mol. The molecule has 0 heterocycles. The Morgan fingerprint density at radius 2 is 2.36 bits per heavy atom. The number of carbonyl (C=O) groups is 1. The van der Waals surface area contributed by atoms with Crippen LogP contribution in [0.2, 0.25) is 0 Å². The van der Waals surface area contributed by atoms with Crippen LogP contribution in [0.4, 0.5) is 0 Å². The fourth-order valence-electron chi connectivity index (χ4n) is 1.03. The molecule has 0 aromatic carbocycles. The predicted molar refractivity (Wildman–Crippen MR) is 59.0 cm³/mol. The Hall–Kier alpha value is -1.02. The standard InChI is InChI=1S/C11H12O2S/c1-14-11(13)8-9-6-4-2-3-5-7-10(9)12/h2-5,7,10,12H,8H2,1H3. The van der Waals surface area contributed by atoms with Crippen LogP contribution in [0.25, 0.3) is 0 Å². The van der Waals surface area contributed by atoms with Crippen LogP contribution in [0.3, 0.4) is 0 Å². The van der Waals surface area contributed by atoms with Gasteiger partial charge >= 0.3 is 0 Å². The maximum atomic E-state index is 11.2. The van der Waals surface area contributed by atoms with Gasteiger partial charge in [-0.2, -0.15) is 0 Å². The third-order valence-electron chi connectivity index (χ3n) is 1.80. The zero-order valence-corrected chi connectivity index (χ0v) is 8.75. The summed E-state index contributed by atoms with van der Waals surface area (Å²) >= 11 is 1.17. The van der Waals surface area contributed by atoms with Crippen molar-refractivity contribution in [2.75, 3.05) is 6.26 Å². The Kier molecular flexibility index (Phi) is 4.47. The van der Waals surface area contributed by atoms with Crippen LogP contribution in [0, 0.1) is 0 Å². The van der Waals surface area contributed by atoms with E-state index in [4.69, 9.17) is 0 Å². The van der Waals surface area contributed by atoms with E-state index >= 15 is 0 Å². The Balaban J connectivity index is 2.82. The molecule has 0 saturated carbocycles. The first kappa shape index (κ1) is 11.1. The normalized spacial score (nSPS) is 20.1. The highest BCUT2D eigenvalue weighted by Gasteiger charge is 2.11. The minimum atomic E-state index is -0.702. The van der Waals surface area contributed by atoms with Crippen molar-refractivity contribution in [3.8, 4) is 0 Å². The van der Waals surface area contributed by atoms with E-state index in [0.29, 0.717) is 5.57 Å². The van der Waals surface area contributed by atoms with Gasteiger partial charge in [-0.25, -0.2) is 0 Å². The van der Waals surface area contributed by atoms with E-state index in [1.165, 1.54) is 11.8 Å². The molecule has 0 bridgehead atoms. The Morgan fingerprint density at radius 3 is 3.07 bits per heavy atom. The lowest BCUT2D eigenvalue weighted by atomic mass is 10.1. The minimum Gasteiger partial charge on any atom is -0.384 e. The lowest BCUT2D eigenvalue weighted by Gasteiger charge is -2.07. The summed E-state index contributed by atoms with van der Waals surface area (Å²) in [5, 5.41) is 9.66. The van der Waals surface area contributed by atoms with Crippen molar-refractivity contribution in [3.05, 3.63) is 41.7 Å². The van der Waals surface area contributed by atoms with Gasteiger partial charge < -0.3 is 5.11 Å². The van der Waals surface area contributed by atoms with Gasteiger partial charge in [0.15, 0.2) is 5.12 Å². The second-order valence-corrected chi connectivity index (χ2v) is 3.67. The maximum absolute atomic E-state index is 11.2. The molecule has 0 saturated heterocycles. The van der Waals surface area contributed by atoms with E-state index in [0.717, 1.165) is 0 Å². The van der Waals surface area contributed by atoms with Crippen LogP contribution in [0.5, 0.6) is 0 Å². The van der Waals surface area contributed by atoms with Crippen LogP contribution in [0.15, 0.2) is 41.7 Å². The first-order valence-corrected chi connectivity index (χ1v) is 5.50. The number of carbonyl (C=O) groups excluding carboxylic acids is 1. The van der Waals surface area contributed by atoms with E-state index < -0.39 is 6.10 Å². The molecular weight excluding hydrogens is 196 g/mol. The van der Waals surface area contributed by atoms with E-state index in [-0.39, 0.29) is 11.5 Å². The summed E-state index contributed by atoms with van der Waals surface area (Å²) < 4.78 is 0. The smallest absolute Gasteiger partial charge is 0.193 e. The second-order valence-electron chi connectivity index (χ2n) is 2.80. The molecule has 0 fully saturated rings. The largest absolute Gasteiger partial charge is 0.384 e. The number of thioether (sulfide) groups is 1. The Labute approximate surface area is 87.7 Å². The molecule has 0 aromatic heterocycles. The molecule has 0 aromatic rings. The van der Waals surface area contributed by atoms with Crippen molar-refractivity contribution in [1.82, 2.24) is 0 Å². The van der Waals surface area contributed by atoms with Gasteiger partial charge in [0.05, 0.1) is 0 Å². The molecule has 1 rings (SSSR count). The minimum absolute atomic E-state index is 0.0397. The van der Waals surface area contributed by atoms with E-state index in [1.54, 1.807) is 24.5 Å². The van der Waals surface area contributed by atoms with Crippen LogP contribution in [0.1, 0.15) is 6.42 Å². The molecule has 74 valence electrons. The topological polar surface area (TPSA) is 37.3 Å². The van der Waals surface area contributed by atoms with Crippen molar-refractivity contribution in [2.24, 2.45) is 0 Å². The predicted octanol–water partition coefficient (Wildman–Crippen LogP) is 1.83. The molecule has 1 aliphatic rings. The first-order valence-electron chi connectivity index (χ1n) is 4.28. The maximum Gasteiger partial charge on any atom is 0.193 e. The van der Waals surface area contributed by atoms with Crippen molar-refractivity contribution < 1.29 is 9.90 Å². The molecule has 0 amide bonds. The summed E-state index contributed by atoms with van der Waals surface area (Å²) in [6.45, 7) is 0. The fraction of sp³-hybridized carbons (Fsp3) is 0.273. The molecule has 3 heteroatoms. The molecular formula is C11H12O2S. The zero-order chi connectivity index (χ0) is 10.4. The highest BCUT2D eigenvalue weighted by molar-refractivity contribution is 8.13. The van der Waals surface area contributed by atoms with Gasteiger partial charge in [-0.15, -0.1) is 5.73 Å². The van der Waals surface area contributed by atoms with Gasteiger partial charge in [0.1, 0.15) is 6.10 Å². The van der Waals surface area contributed by atoms with Gasteiger partial charge in [0.2, 0.25) is 0 Å². The number of hydrogen-bond donors (Lipinski definition) is 1. The van der Waals surface area contributed by atoms with Crippen molar-refractivity contribution in [2.45, 2.75) is 12.5 Å². The van der Waals surface area contributed by atoms with Crippen LogP contribution < -0.4 is 0 Å². The number of allylic oxidation sites excluding steroid dienone is 3. The highest BCUT2D eigenvalue weighted by Crippen LogP contribution is 2.13. The average Bonchev–Trinajstić information content (AvgIpc) is 2.17. The number of aliphatic hydroxyl groups is 1. The molecule has 1 atom stereocenters. The monoisotopic (exact) mass is 208 g/mol. The Morgan fingerprint density at radius 1 is 1.57 bits per heavy atom. The van der Waals surface area contributed by atoms with Gasteiger partial charge in [-0.1, -0.05) is 36.1 Å². The molecule has 1 aliphatic carbocycles. The summed E-state index contributed by atoms with van der Waals surface area (Å²) in [5.41, 5.74) is 3.52. The van der Waals surface area contributed by atoms with Gasteiger partial charge in [-0.05, 0) is 12.3 Å². The SMILES string of the molecule is CSC(=O)CC1=C=CC=CC=CC1O. The van der Waals surface area contributed by atoms with E-state index in [2.05, 4.69) is 5.73 Å². The molecule has 14 heavy (non-hydrogen) atoms. The quantitative estimate of drug-likeness (QED) is 0.703. The van der Waals surface area contributed by atoms with Crippen molar-refractivity contribution in [3.63, 3.8) is 0 Å². The summed E-state index contributed by atoms with van der Waals surface area (Å²) in [6.07, 6.45) is 10.00. The summed E-state index contributed by atoms with van der Waals surface area (Å²) in [7, 11) is 0. The number of rotatable bonds is 2. The van der Waals surface area contributed by atoms with Gasteiger partial charge in [-0.3, -0.25) is 4.79 Å². The summed E-state index contributed by atoms with van der Waals surface area (Å²) in [6, 6.07) is 0. The molecule has 1 N–H and O–H groups in total. The van der Waals surface area contributed by atoms with Gasteiger partial charge in [0, 0.05) is 12.0 Å². The van der Waals surface area contributed by atoms with Crippen molar-refractivity contribution >= 4 is 16.9 Å². The second kappa shape index (κ2) is 5.66. The summed E-state index contributed by atoms with van der Waals surface area (Å²) in [4.78, 5) is 11.2. The van der Waals surface area contributed by atoms with Crippen molar-refractivity contribution in [1.29, 1.82) is 0 Å². The van der Waals surface area contributed by atoms with E-state index in [1.807, 2.05) is 12.2 Å². The van der Waals surface area contributed by atoms with Crippen LogP contribution in [-0.2, 0) is 4.79 Å². The number of hydrogen-bond acceptors (Lipinski definition) is 3. The highest BCUT2D eigenvalue weighted by atomic mass is 32.2. The van der Waals surface area contributed by atoms with E-state index in [9.17, 15) is 9.90 Å².